The van der Waals surface area contributed by atoms with Crippen molar-refractivity contribution in [2.24, 2.45) is 7.05 Å². The highest BCUT2D eigenvalue weighted by atomic mass is 16.5. The fourth-order valence-corrected chi connectivity index (χ4v) is 2.60. The topological polar surface area (TPSA) is 90.3 Å². The van der Waals surface area contributed by atoms with Gasteiger partial charge in [-0.1, -0.05) is 35.9 Å². The minimum Gasteiger partial charge on any atom is -0.448 e. The normalized spacial score (nSPS) is 11.8. The molecule has 2 aromatic carbocycles. The number of amides is 1. The van der Waals surface area contributed by atoms with Crippen LogP contribution in [-0.4, -0.2) is 27.8 Å². The molecule has 0 saturated heterocycles. The van der Waals surface area contributed by atoms with E-state index in [-0.39, 0.29) is 11.3 Å². The molecular formula is C20H19N3O4. The molecule has 1 aromatic heterocycles. The summed E-state index contributed by atoms with van der Waals surface area (Å²) in [7, 11) is 1.46. The first-order valence-corrected chi connectivity index (χ1v) is 8.41. The highest BCUT2D eigenvalue weighted by Crippen LogP contribution is 2.15. The van der Waals surface area contributed by atoms with Gasteiger partial charge in [0.15, 0.2) is 11.8 Å². The lowest BCUT2D eigenvalue weighted by Gasteiger charge is -2.14. The van der Waals surface area contributed by atoms with E-state index in [4.69, 9.17) is 4.74 Å². The van der Waals surface area contributed by atoms with E-state index in [0.29, 0.717) is 16.5 Å². The Hall–Kier alpha value is -3.48. The Morgan fingerprint density at radius 1 is 1.07 bits per heavy atom. The third kappa shape index (κ3) is 3.87. The van der Waals surface area contributed by atoms with Crippen molar-refractivity contribution in [3.05, 3.63) is 70.1 Å². The van der Waals surface area contributed by atoms with Crippen LogP contribution in [0.3, 0.4) is 0 Å². The number of esters is 1. The summed E-state index contributed by atoms with van der Waals surface area (Å²) in [6.07, 6.45) is -1.03. The summed E-state index contributed by atoms with van der Waals surface area (Å²) in [6, 6.07) is 13.9. The van der Waals surface area contributed by atoms with Crippen LogP contribution in [0.2, 0.25) is 0 Å². The Morgan fingerprint density at radius 3 is 2.37 bits per heavy atom. The van der Waals surface area contributed by atoms with E-state index in [9.17, 15) is 14.4 Å². The summed E-state index contributed by atoms with van der Waals surface area (Å²) in [5.74, 6) is -1.23. The summed E-state index contributed by atoms with van der Waals surface area (Å²) in [4.78, 5) is 37.0. The predicted molar refractivity (Wildman–Crippen MR) is 102 cm³/mol. The number of aryl methyl sites for hydroxylation is 2. The van der Waals surface area contributed by atoms with Crippen LogP contribution < -0.4 is 10.9 Å². The van der Waals surface area contributed by atoms with Gasteiger partial charge in [-0.3, -0.25) is 9.59 Å². The van der Waals surface area contributed by atoms with E-state index >= 15 is 0 Å². The van der Waals surface area contributed by atoms with Crippen molar-refractivity contribution in [1.82, 2.24) is 9.78 Å². The maximum absolute atomic E-state index is 12.6. The molecule has 0 aliphatic rings. The number of nitrogens with zero attached hydrogens (tertiary/aromatic N) is 2. The highest BCUT2D eigenvalue weighted by molar-refractivity contribution is 6.03. The Kier molecular flexibility index (Phi) is 5.03. The summed E-state index contributed by atoms with van der Waals surface area (Å²) < 4.78 is 6.35. The summed E-state index contributed by atoms with van der Waals surface area (Å²) in [5.41, 5.74) is 1.36. The lowest BCUT2D eigenvalue weighted by Crippen LogP contribution is -2.31. The second kappa shape index (κ2) is 7.41. The Labute approximate surface area is 155 Å². The van der Waals surface area contributed by atoms with Crippen molar-refractivity contribution in [3.63, 3.8) is 0 Å². The molecule has 1 heterocycles. The molecule has 0 spiro atoms. The molecule has 3 rings (SSSR count). The molecule has 7 heteroatoms. The zero-order valence-electron chi connectivity index (χ0n) is 15.2. The van der Waals surface area contributed by atoms with Crippen LogP contribution in [-0.2, 0) is 16.6 Å². The Bertz CT molecular complexity index is 1070. The second-order valence-electron chi connectivity index (χ2n) is 6.23. The molecule has 1 atom stereocenters. The molecule has 0 aliphatic carbocycles. The number of ether oxygens (including phenoxy) is 1. The van der Waals surface area contributed by atoms with E-state index in [2.05, 4.69) is 10.4 Å². The largest absolute Gasteiger partial charge is 0.448 e. The van der Waals surface area contributed by atoms with Crippen LogP contribution in [0, 0.1) is 6.92 Å². The van der Waals surface area contributed by atoms with Gasteiger partial charge in [0.25, 0.3) is 11.5 Å². The summed E-state index contributed by atoms with van der Waals surface area (Å²) >= 11 is 0. The van der Waals surface area contributed by atoms with Crippen molar-refractivity contribution >= 4 is 28.3 Å². The predicted octanol–water partition coefficient (Wildman–Crippen LogP) is 2.43. The van der Waals surface area contributed by atoms with Gasteiger partial charge in [0, 0.05) is 18.1 Å². The monoisotopic (exact) mass is 365 g/mol. The third-order valence-electron chi connectivity index (χ3n) is 4.12. The van der Waals surface area contributed by atoms with Gasteiger partial charge in [0.05, 0.1) is 5.39 Å². The number of rotatable bonds is 4. The van der Waals surface area contributed by atoms with Gasteiger partial charge < -0.3 is 10.1 Å². The molecule has 0 bridgehead atoms. The van der Waals surface area contributed by atoms with Crippen molar-refractivity contribution in [3.8, 4) is 0 Å². The Morgan fingerprint density at radius 2 is 1.70 bits per heavy atom. The molecule has 1 unspecified atom stereocenters. The van der Waals surface area contributed by atoms with Crippen LogP contribution in [0.15, 0.2) is 53.3 Å². The number of hydrogen-bond donors (Lipinski definition) is 1. The summed E-state index contributed by atoms with van der Waals surface area (Å²) in [5, 5.41) is 7.44. The number of anilines is 1. The van der Waals surface area contributed by atoms with Crippen molar-refractivity contribution in [2.75, 3.05) is 5.32 Å². The zero-order chi connectivity index (χ0) is 19.6. The molecule has 1 N–H and O–H groups in total. The fourth-order valence-electron chi connectivity index (χ4n) is 2.60. The first kappa shape index (κ1) is 18.3. The van der Waals surface area contributed by atoms with Gasteiger partial charge in [-0.2, -0.15) is 5.10 Å². The number of aromatic nitrogens is 2. The standard InChI is InChI=1S/C20H19N3O4/c1-12-8-10-14(11-9-12)21-18(24)13(2)27-20(26)17-15-6-4-5-7-16(15)19(25)23(3)22-17/h4-11,13H,1-3H3,(H,21,24). The number of fused-ring (bicyclic) bond motifs is 1. The van der Waals surface area contributed by atoms with Crippen LogP contribution in [0.1, 0.15) is 23.0 Å². The second-order valence-corrected chi connectivity index (χ2v) is 6.23. The molecule has 0 aliphatic heterocycles. The van der Waals surface area contributed by atoms with Gasteiger partial charge in [-0.15, -0.1) is 0 Å². The molecule has 0 radical (unpaired) electrons. The number of carbonyl (C=O) groups is 2. The van der Waals surface area contributed by atoms with Gasteiger partial charge in [-0.05, 0) is 32.0 Å². The SMILES string of the molecule is Cc1ccc(NC(=O)C(C)OC(=O)c2nn(C)c(=O)c3ccccc23)cc1. The van der Waals surface area contributed by atoms with E-state index in [1.54, 1.807) is 36.4 Å². The molecule has 138 valence electrons. The van der Waals surface area contributed by atoms with Gasteiger partial charge in [-0.25, -0.2) is 9.48 Å². The van der Waals surface area contributed by atoms with Crippen molar-refractivity contribution in [2.45, 2.75) is 20.0 Å². The lowest BCUT2D eigenvalue weighted by atomic mass is 10.1. The first-order valence-electron chi connectivity index (χ1n) is 8.41. The van der Waals surface area contributed by atoms with Crippen molar-refractivity contribution in [1.29, 1.82) is 0 Å². The number of carbonyl (C=O) groups excluding carboxylic acids is 2. The van der Waals surface area contributed by atoms with E-state index in [0.717, 1.165) is 10.2 Å². The van der Waals surface area contributed by atoms with Crippen LogP contribution in [0.4, 0.5) is 5.69 Å². The average molecular weight is 365 g/mol. The minimum absolute atomic E-state index is 0.0114. The van der Waals surface area contributed by atoms with E-state index < -0.39 is 18.0 Å². The molecule has 1 amide bonds. The molecule has 27 heavy (non-hydrogen) atoms. The highest BCUT2D eigenvalue weighted by Gasteiger charge is 2.23. The smallest absolute Gasteiger partial charge is 0.360 e. The van der Waals surface area contributed by atoms with Crippen LogP contribution in [0.25, 0.3) is 10.8 Å². The average Bonchev–Trinajstić information content (AvgIpc) is 2.66. The first-order chi connectivity index (χ1) is 12.9. The minimum atomic E-state index is -1.03. The molecule has 3 aromatic rings. The molecule has 7 nitrogen and oxygen atoms in total. The quantitative estimate of drug-likeness (QED) is 0.717. The molecular weight excluding hydrogens is 346 g/mol. The van der Waals surface area contributed by atoms with E-state index in [1.165, 1.54) is 14.0 Å². The molecule has 0 fully saturated rings. The zero-order valence-corrected chi connectivity index (χ0v) is 15.2. The number of hydrogen-bond acceptors (Lipinski definition) is 5. The third-order valence-corrected chi connectivity index (χ3v) is 4.12. The Balaban J connectivity index is 1.80. The fraction of sp³-hybridized carbons (Fsp3) is 0.200. The van der Waals surface area contributed by atoms with Gasteiger partial charge in [0.1, 0.15) is 0 Å². The van der Waals surface area contributed by atoms with Gasteiger partial charge in [0.2, 0.25) is 0 Å². The maximum Gasteiger partial charge on any atom is 0.360 e. The lowest BCUT2D eigenvalue weighted by molar-refractivity contribution is -0.123. The molecule has 0 saturated carbocycles. The van der Waals surface area contributed by atoms with Crippen LogP contribution >= 0.6 is 0 Å². The maximum atomic E-state index is 12.6. The van der Waals surface area contributed by atoms with Crippen molar-refractivity contribution < 1.29 is 14.3 Å². The number of benzene rings is 2. The number of nitrogens with one attached hydrogen (secondary N) is 1. The van der Waals surface area contributed by atoms with E-state index in [1.807, 2.05) is 19.1 Å². The van der Waals surface area contributed by atoms with Gasteiger partial charge >= 0.3 is 5.97 Å². The van der Waals surface area contributed by atoms with Crippen LogP contribution in [0.5, 0.6) is 0 Å². The summed E-state index contributed by atoms with van der Waals surface area (Å²) in [6.45, 7) is 3.42.